The highest BCUT2D eigenvalue weighted by molar-refractivity contribution is 6.06. The largest absolute Gasteiger partial charge is 0.497 e. The number of morpholine rings is 1. The van der Waals surface area contributed by atoms with Crippen LogP contribution in [0.15, 0.2) is 54.6 Å². The van der Waals surface area contributed by atoms with Crippen LogP contribution in [0.3, 0.4) is 0 Å². The number of nitrogens with zero attached hydrogens (tertiary/aromatic N) is 1. The molecule has 0 amide bonds. The number of benzene rings is 2. The zero-order valence-electron chi connectivity index (χ0n) is 16.7. The summed E-state index contributed by atoms with van der Waals surface area (Å²) in [5, 5.41) is 0. The number of rotatable bonds is 9. The number of methoxy groups -OCH3 is 1. The summed E-state index contributed by atoms with van der Waals surface area (Å²) in [5.74, 6) is 1.52. The Balaban J connectivity index is 0.00000300. The maximum atomic E-state index is 12.3. The summed E-state index contributed by atoms with van der Waals surface area (Å²) in [6.07, 6.45) is 4.35. The van der Waals surface area contributed by atoms with Crippen LogP contribution in [0.25, 0.3) is 6.08 Å². The Labute approximate surface area is 178 Å². The van der Waals surface area contributed by atoms with Crippen LogP contribution in [0, 0.1) is 0 Å². The second-order valence-electron chi connectivity index (χ2n) is 6.65. The molecular formula is C23H28ClNO4. The highest BCUT2D eigenvalue weighted by atomic mass is 35.5. The van der Waals surface area contributed by atoms with Crippen molar-refractivity contribution in [2.75, 3.05) is 46.6 Å². The van der Waals surface area contributed by atoms with Gasteiger partial charge in [-0.25, -0.2) is 0 Å². The first-order valence-electron chi connectivity index (χ1n) is 9.64. The van der Waals surface area contributed by atoms with E-state index < -0.39 is 0 Å². The van der Waals surface area contributed by atoms with Crippen molar-refractivity contribution < 1.29 is 19.0 Å². The molecule has 1 saturated heterocycles. The third kappa shape index (κ3) is 7.54. The lowest BCUT2D eigenvalue weighted by Gasteiger charge is -2.26. The molecule has 3 rings (SSSR count). The van der Waals surface area contributed by atoms with E-state index in [9.17, 15) is 4.79 Å². The lowest BCUT2D eigenvalue weighted by Crippen LogP contribution is -2.37. The normalized spacial score (nSPS) is 14.4. The number of carbonyl (C=O) groups excluding carboxylic acids is 1. The summed E-state index contributed by atoms with van der Waals surface area (Å²) in [6, 6.07) is 14.9. The first-order valence-corrected chi connectivity index (χ1v) is 9.64. The molecule has 0 bridgehead atoms. The Morgan fingerprint density at radius 1 is 1.10 bits per heavy atom. The molecule has 0 saturated carbocycles. The van der Waals surface area contributed by atoms with Crippen molar-refractivity contribution in [3.63, 3.8) is 0 Å². The van der Waals surface area contributed by atoms with E-state index in [1.54, 1.807) is 31.4 Å². The van der Waals surface area contributed by atoms with Gasteiger partial charge < -0.3 is 14.2 Å². The maximum absolute atomic E-state index is 12.3. The van der Waals surface area contributed by atoms with Crippen molar-refractivity contribution in [1.29, 1.82) is 0 Å². The zero-order chi connectivity index (χ0) is 19.6. The van der Waals surface area contributed by atoms with Gasteiger partial charge in [-0.15, -0.1) is 12.4 Å². The number of hydrogen-bond donors (Lipinski definition) is 0. The Hall–Kier alpha value is -2.34. The second kappa shape index (κ2) is 12.3. The van der Waals surface area contributed by atoms with Gasteiger partial charge in [0.15, 0.2) is 5.78 Å². The van der Waals surface area contributed by atoms with Crippen molar-refractivity contribution >= 4 is 24.3 Å². The molecule has 0 aliphatic carbocycles. The maximum Gasteiger partial charge on any atom is 0.185 e. The van der Waals surface area contributed by atoms with E-state index in [4.69, 9.17) is 14.2 Å². The van der Waals surface area contributed by atoms with Gasteiger partial charge in [0, 0.05) is 25.2 Å². The van der Waals surface area contributed by atoms with Gasteiger partial charge in [-0.05, 0) is 54.5 Å². The van der Waals surface area contributed by atoms with Gasteiger partial charge >= 0.3 is 0 Å². The van der Waals surface area contributed by atoms with E-state index >= 15 is 0 Å². The van der Waals surface area contributed by atoms with Crippen LogP contribution in [0.4, 0.5) is 0 Å². The van der Waals surface area contributed by atoms with E-state index in [-0.39, 0.29) is 18.2 Å². The van der Waals surface area contributed by atoms with Crippen LogP contribution in [-0.4, -0.2) is 57.2 Å². The molecule has 0 unspecified atom stereocenters. The van der Waals surface area contributed by atoms with E-state index in [0.29, 0.717) is 12.2 Å². The monoisotopic (exact) mass is 417 g/mol. The standard InChI is InChI=1S/C23H27NO4.ClH/c1-26-22-5-2-4-19(18-22)6-11-23(25)20-7-9-21(10-8-20)28-15-3-12-24-13-16-27-17-14-24;/h2,4-11,18H,3,12-17H2,1H3;1H/b11-6+;. The lowest BCUT2D eigenvalue weighted by atomic mass is 10.1. The average Bonchev–Trinajstić information content (AvgIpc) is 2.76. The molecule has 156 valence electrons. The number of allylic oxidation sites excluding steroid dienone is 1. The predicted octanol–water partition coefficient (Wildman–Crippen LogP) is 4.11. The molecule has 0 aromatic heterocycles. The van der Waals surface area contributed by atoms with Crippen molar-refractivity contribution in [2.24, 2.45) is 0 Å². The SMILES string of the molecule is COc1cccc(/C=C/C(=O)c2ccc(OCCCN3CCOCC3)cc2)c1.Cl. The Kier molecular flexibility index (Phi) is 9.71. The van der Waals surface area contributed by atoms with Gasteiger partial charge in [0.25, 0.3) is 0 Å². The minimum Gasteiger partial charge on any atom is -0.497 e. The molecule has 1 heterocycles. The van der Waals surface area contributed by atoms with Crippen LogP contribution in [0.1, 0.15) is 22.3 Å². The van der Waals surface area contributed by atoms with E-state index in [0.717, 1.165) is 56.3 Å². The zero-order valence-corrected chi connectivity index (χ0v) is 17.5. The quantitative estimate of drug-likeness (QED) is 0.349. The summed E-state index contributed by atoms with van der Waals surface area (Å²) in [7, 11) is 1.63. The van der Waals surface area contributed by atoms with E-state index in [1.165, 1.54) is 0 Å². The molecule has 2 aromatic rings. The lowest BCUT2D eigenvalue weighted by molar-refractivity contribution is 0.0358. The van der Waals surface area contributed by atoms with Crippen LogP contribution in [-0.2, 0) is 4.74 Å². The van der Waals surface area contributed by atoms with Gasteiger partial charge in [-0.3, -0.25) is 9.69 Å². The molecule has 0 atom stereocenters. The second-order valence-corrected chi connectivity index (χ2v) is 6.65. The van der Waals surface area contributed by atoms with Gasteiger partial charge in [-0.1, -0.05) is 18.2 Å². The molecule has 29 heavy (non-hydrogen) atoms. The fourth-order valence-corrected chi connectivity index (χ4v) is 3.03. The number of hydrogen-bond acceptors (Lipinski definition) is 5. The number of ketones is 1. The molecule has 1 aliphatic heterocycles. The summed E-state index contributed by atoms with van der Waals surface area (Å²) in [4.78, 5) is 14.7. The molecule has 0 radical (unpaired) electrons. The summed E-state index contributed by atoms with van der Waals surface area (Å²) < 4.78 is 16.3. The molecule has 1 fully saturated rings. The molecular weight excluding hydrogens is 390 g/mol. The minimum absolute atomic E-state index is 0. The van der Waals surface area contributed by atoms with Crippen molar-refractivity contribution in [2.45, 2.75) is 6.42 Å². The first kappa shape index (κ1) is 22.9. The van der Waals surface area contributed by atoms with Crippen molar-refractivity contribution in [3.8, 4) is 11.5 Å². The van der Waals surface area contributed by atoms with Gasteiger partial charge in [0.2, 0.25) is 0 Å². The third-order valence-electron chi connectivity index (χ3n) is 4.65. The molecule has 1 aliphatic rings. The van der Waals surface area contributed by atoms with E-state index in [1.807, 2.05) is 36.4 Å². The third-order valence-corrected chi connectivity index (χ3v) is 4.65. The van der Waals surface area contributed by atoms with Gasteiger partial charge in [0.1, 0.15) is 11.5 Å². The number of halogens is 1. The van der Waals surface area contributed by atoms with Crippen molar-refractivity contribution in [1.82, 2.24) is 4.90 Å². The number of carbonyl (C=O) groups is 1. The smallest absolute Gasteiger partial charge is 0.185 e. The summed E-state index contributed by atoms with van der Waals surface area (Å²) in [5.41, 5.74) is 1.56. The van der Waals surface area contributed by atoms with Crippen molar-refractivity contribution in [3.05, 3.63) is 65.7 Å². The van der Waals surface area contributed by atoms with Crippen LogP contribution in [0.2, 0.25) is 0 Å². The fraction of sp³-hybridized carbons (Fsp3) is 0.348. The first-order chi connectivity index (χ1) is 13.7. The molecule has 5 nitrogen and oxygen atoms in total. The minimum atomic E-state index is -0.0401. The van der Waals surface area contributed by atoms with Crippen LogP contribution >= 0.6 is 12.4 Å². The average molecular weight is 418 g/mol. The molecule has 0 spiro atoms. The van der Waals surface area contributed by atoms with Gasteiger partial charge in [-0.2, -0.15) is 0 Å². The predicted molar refractivity (Wildman–Crippen MR) is 117 cm³/mol. The van der Waals surface area contributed by atoms with Crippen LogP contribution in [0.5, 0.6) is 11.5 Å². The highest BCUT2D eigenvalue weighted by Gasteiger charge is 2.09. The summed E-state index contributed by atoms with van der Waals surface area (Å²) >= 11 is 0. The number of ether oxygens (including phenoxy) is 3. The Morgan fingerprint density at radius 3 is 2.59 bits per heavy atom. The molecule has 0 N–H and O–H groups in total. The summed E-state index contributed by atoms with van der Waals surface area (Å²) in [6.45, 7) is 5.33. The Morgan fingerprint density at radius 2 is 1.86 bits per heavy atom. The Bertz CT molecular complexity index is 786. The molecule has 2 aromatic carbocycles. The van der Waals surface area contributed by atoms with Gasteiger partial charge in [0.05, 0.1) is 26.9 Å². The van der Waals surface area contributed by atoms with Crippen LogP contribution < -0.4 is 9.47 Å². The topological polar surface area (TPSA) is 48.0 Å². The molecule has 6 heteroatoms. The van der Waals surface area contributed by atoms with E-state index in [2.05, 4.69) is 4.90 Å². The highest BCUT2D eigenvalue weighted by Crippen LogP contribution is 2.16. The fourth-order valence-electron chi connectivity index (χ4n) is 3.03.